The number of rotatable bonds is 6. The van der Waals surface area contributed by atoms with Crippen LogP contribution < -0.4 is 4.90 Å². The van der Waals surface area contributed by atoms with Crippen LogP contribution in [0.5, 0.6) is 0 Å². The van der Waals surface area contributed by atoms with E-state index in [-0.39, 0.29) is 17.9 Å². The van der Waals surface area contributed by atoms with Crippen molar-refractivity contribution in [2.75, 3.05) is 44.7 Å². The van der Waals surface area contributed by atoms with Crippen molar-refractivity contribution in [2.45, 2.75) is 46.6 Å². The van der Waals surface area contributed by atoms with E-state index in [0.29, 0.717) is 13.1 Å². The molecule has 1 N–H and O–H groups in total. The second kappa shape index (κ2) is 9.54. The van der Waals surface area contributed by atoms with Crippen molar-refractivity contribution in [1.29, 1.82) is 0 Å². The molecule has 0 spiro atoms. The zero-order valence-corrected chi connectivity index (χ0v) is 22.1. The van der Waals surface area contributed by atoms with Gasteiger partial charge >= 0.3 is 0 Å². The molecule has 0 saturated carbocycles. The average Bonchev–Trinajstić information content (AvgIpc) is 3.48. The van der Waals surface area contributed by atoms with E-state index in [9.17, 15) is 4.79 Å². The lowest BCUT2D eigenvalue weighted by molar-refractivity contribution is -0.134. The molecule has 0 aliphatic carbocycles. The first-order valence-electron chi connectivity index (χ1n) is 12.8. The van der Waals surface area contributed by atoms with Crippen LogP contribution in [0, 0.1) is 6.92 Å². The number of fused-ring (bicyclic) bond motifs is 2. The molecule has 0 unspecified atom stereocenters. The number of aromatic nitrogens is 5. The minimum atomic E-state index is 0.137. The van der Waals surface area contributed by atoms with Gasteiger partial charge in [-0.2, -0.15) is 5.10 Å². The lowest BCUT2D eigenvalue weighted by Gasteiger charge is -2.41. The topological polar surface area (TPSA) is 85.7 Å². The maximum absolute atomic E-state index is 12.8. The highest BCUT2D eigenvalue weighted by Crippen LogP contribution is 2.36. The van der Waals surface area contributed by atoms with Crippen LogP contribution in [-0.2, 0) is 4.79 Å². The summed E-state index contributed by atoms with van der Waals surface area (Å²) in [6.45, 7) is 14.3. The van der Waals surface area contributed by atoms with Crippen molar-refractivity contribution in [2.24, 2.45) is 0 Å². The Hall–Kier alpha value is -3.46. The van der Waals surface area contributed by atoms with Crippen LogP contribution in [0.2, 0.25) is 0 Å². The van der Waals surface area contributed by atoms with Gasteiger partial charge in [-0.15, -0.1) is 0 Å². The Morgan fingerprint density at radius 2 is 2.08 bits per heavy atom. The smallest absolute Gasteiger partial charge is 0.237 e. The molecule has 36 heavy (non-hydrogen) atoms. The Kier molecular flexibility index (Phi) is 6.42. The third-order valence-corrected chi connectivity index (χ3v) is 7.31. The van der Waals surface area contributed by atoms with E-state index in [2.05, 4.69) is 77.7 Å². The zero-order valence-electron chi connectivity index (χ0n) is 22.1. The van der Waals surface area contributed by atoms with Gasteiger partial charge in [-0.1, -0.05) is 20.8 Å². The van der Waals surface area contributed by atoms with Crippen LogP contribution in [0.25, 0.3) is 27.9 Å². The predicted molar refractivity (Wildman–Crippen MR) is 143 cm³/mol. The number of nitrogens with one attached hydrogen (secondary N) is 1. The number of H-pyrrole nitrogens is 1. The minimum Gasteiger partial charge on any atom is -0.353 e. The van der Waals surface area contributed by atoms with Gasteiger partial charge in [0.15, 0.2) is 5.65 Å². The van der Waals surface area contributed by atoms with E-state index in [1.165, 1.54) is 5.56 Å². The Morgan fingerprint density at radius 3 is 2.81 bits per heavy atom. The second-order valence-corrected chi connectivity index (χ2v) is 10.3. The molecule has 4 aromatic rings. The normalized spacial score (nSPS) is 16.7. The van der Waals surface area contributed by atoms with Crippen LogP contribution in [0.15, 0.2) is 30.7 Å². The molecule has 1 fully saturated rings. The third-order valence-electron chi connectivity index (χ3n) is 7.31. The van der Waals surface area contributed by atoms with Gasteiger partial charge in [0, 0.05) is 43.0 Å². The molecule has 9 heteroatoms. The Bertz CT molecular complexity index is 1400. The maximum atomic E-state index is 12.8. The average molecular weight is 489 g/mol. The number of aromatic amines is 1. The van der Waals surface area contributed by atoms with Crippen molar-refractivity contribution in [3.05, 3.63) is 41.9 Å². The number of hydrogen-bond acceptors (Lipinski definition) is 6. The minimum absolute atomic E-state index is 0.137. The number of carbonyl (C=O) groups is 1. The quantitative estimate of drug-likeness (QED) is 0.446. The first kappa shape index (κ1) is 24.2. The molecule has 1 aliphatic rings. The van der Waals surface area contributed by atoms with Crippen molar-refractivity contribution in [3.63, 3.8) is 0 Å². The molecule has 1 saturated heterocycles. The summed E-state index contributed by atoms with van der Waals surface area (Å²) in [5.74, 6) is 1.45. The summed E-state index contributed by atoms with van der Waals surface area (Å²) in [5.41, 5.74) is 7.34. The molecule has 9 nitrogen and oxygen atoms in total. The van der Waals surface area contributed by atoms with Crippen LogP contribution in [0.3, 0.4) is 0 Å². The largest absolute Gasteiger partial charge is 0.353 e. The van der Waals surface area contributed by atoms with Gasteiger partial charge in [-0.25, -0.2) is 14.5 Å². The summed E-state index contributed by atoms with van der Waals surface area (Å²) < 4.78 is 1.83. The maximum Gasteiger partial charge on any atom is 0.237 e. The van der Waals surface area contributed by atoms with Crippen molar-refractivity contribution in [1.82, 2.24) is 34.4 Å². The van der Waals surface area contributed by atoms with E-state index in [4.69, 9.17) is 4.98 Å². The van der Waals surface area contributed by atoms with Crippen molar-refractivity contribution >= 4 is 28.4 Å². The summed E-state index contributed by atoms with van der Waals surface area (Å²) in [6, 6.07) is 6.52. The highest BCUT2D eigenvalue weighted by Gasteiger charge is 2.29. The third kappa shape index (κ3) is 4.32. The lowest BCUT2D eigenvalue weighted by atomic mass is 9.98. The Labute approximate surface area is 212 Å². The number of likely N-dealkylation sites (N-methyl/N-ethyl adjacent to an activating group) is 1. The fraction of sp³-hybridized carbons (Fsp3) is 0.481. The summed E-state index contributed by atoms with van der Waals surface area (Å²) >= 11 is 0. The molecule has 4 aromatic heterocycles. The Balaban J connectivity index is 1.46. The summed E-state index contributed by atoms with van der Waals surface area (Å²) in [4.78, 5) is 32.3. The van der Waals surface area contributed by atoms with Gasteiger partial charge in [0.05, 0.1) is 23.3 Å². The van der Waals surface area contributed by atoms with Gasteiger partial charge in [0.2, 0.25) is 5.91 Å². The van der Waals surface area contributed by atoms with Crippen LogP contribution in [0.4, 0.5) is 5.82 Å². The van der Waals surface area contributed by atoms with Crippen LogP contribution >= 0.6 is 0 Å². The summed E-state index contributed by atoms with van der Waals surface area (Å²) in [7, 11) is 1.99. The summed E-state index contributed by atoms with van der Waals surface area (Å²) in [5, 5.41) is 4.35. The van der Waals surface area contributed by atoms with Gasteiger partial charge < -0.3 is 14.8 Å². The highest BCUT2D eigenvalue weighted by molar-refractivity contribution is 5.89. The molecular formula is C27H36N8O. The van der Waals surface area contributed by atoms with Crippen LogP contribution in [-0.4, -0.2) is 86.1 Å². The molecule has 0 radical (unpaired) electrons. The first-order chi connectivity index (χ1) is 17.3. The number of aryl methyl sites for hydroxylation is 1. The molecule has 0 bridgehead atoms. The number of hydrogen-bond donors (Lipinski definition) is 1. The SMILES string of the molecule is CCN(C)CC(=O)N1CCN(c2ccc3[nH]c(-c4cc(C)c5ncnn5c4)c(C(C)C)c3n2)C[C@H]1C. The van der Waals surface area contributed by atoms with Gasteiger partial charge in [-0.3, -0.25) is 9.69 Å². The zero-order chi connectivity index (χ0) is 25.6. The van der Waals surface area contributed by atoms with E-state index in [1.807, 2.05) is 22.7 Å². The molecule has 1 amide bonds. The number of pyridine rings is 2. The first-order valence-corrected chi connectivity index (χ1v) is 12.8. The fourth-order valence-corrected chi connectivity index (χ4v) is 5.24. The number of amides is 1. The molecule has 5 heterocycles. The van der Waals surface area contributed by atoms with Crippen molar-refractivity contribution in [3.8, 4) is 11.3 Å². The van der Waals surface area contributed by atoms with E-state index >= 15 is 0 Å². The molecule has 0 aromatic carbocycles. The van der Waals surface area contributed by atoms with E-state index in [0.717, 1.165) is 59.0 Å². The Morgan fingerprint density at radius 1 is 1.28 bits per heavy atom. The molecule has 5 rings (SSSR count). The molecule has 190 valence electrons. The molecule has 1 atom stereocenters. The fourth-order valence-electron chi connectivity index (χ4n) is 5.24. The standard InChI is InChI=1S/C27H36N8O/c1-7-32(6)15-23(36)34-11-10-33(13-19(34)5)22-9-8-21-26(31-22)24(17(2)3)25(30-21)20-12-18(4)27-28-16-29-35(27)14-20/h8-9,12,14,16-17,19,30H,7,10-11,13,15H2,1-6H3/t19-/m1/s1. The number of piperazine rings is 1. The lowest BCUT2D eigenvalue weighted by Crippen LogP contribution is -2.56. The molecule has 1 aliphatic heterocycles. The predicted octanol–water partition coefficient (Wildman–Crippen LogP) is 3.69. The molecular weight excluding hydrogens is 452 g/mol. The van der Waals surface area contributed by atoms with Gasteiger partial charge in [0.25, 0.3) is 0 Å². The second-order valence-electron chi connectivity index (χ2n) is 10.3. The monoisotopic (exact) mass is 488 g/mol. The summed E-state index contributed by atoms with van der Waals surface area (Å²) in [6.07, 6.45) is 3.62. The number of carbonyl (C=O) groups excluding carboxylic acids is 1. The van der Waals surface area contributed by atoms with Gasteiger partial charge in [-0.05, 0) is 57.1 Å². The van der Waals surface area contributed by atoms with Crippen LogP contribution in [0.1, 0.15) is 44.7 Å². The van der Waals surface area contributed by atoms with E-state index in [1.54, 1.807) is 6.33 Å². The van der Waals surface area contributed by atoms with Gasteiger partial charge in [0.1, 0.15) is 12.1 Å². The highest BCUT2D eigenvalue weighted by atomic mass is 16.2. The van der Waals surface area contributed by atoms with E-state index < -0.39 is 0 Å². The number of anilines is 1. The van der Waals surface area contributed by atoms with Crippen molar-refractivity contribution < 1.29 is 4.79 Å². The number of nitrogens with zero attached hydrogens (tertiary/aromatic N) is 7.